The lowest BCUT2D eigenvalue weighted by molar-refractivity contribution is 0.230. The Balaban J connectivity index is 1.87. The van der Waals surface area contributed by atoms with E-state index in [1.54, 1.807) is 13.3 Å². The zero-order chi connectivity index (χ0) is 17.4. The standard InChI is InChI=1S/C18H27N3O2S/c1-13(2)23-16-10-9-14(11-17(16)22-3)12-19-21-18(24)20-15-7-5-4-6-8-15/h9-13,15H,4-8H2,1-3H3,(H2,20,21,24)/b19-12-. The summed E-state index contributed by atoms with van der Waals surface area (Å²) in [7, 11) is 1.63. The van der Waals surface area contributed by atoms with E-state index in [0.717, 1.165) is 11.3 Å². The maximum atomic E-state index is 5.70. The van der Waals surface area contributed by atoms with E-state index < -0.39 is 0 Å². The minimum Gasteiger partial charge on any atom is -0.493 e. The van der Waals surface area contributed by atoms with Crippen LogP contribution in [0.1, 0.15) is 51.5 Å². The van der Waals surface area contributed by atoms with E-state index in [1.165, 1.54) is 32.1 Å². The van der Waals surface area contributed by atoms with Crippen LogP contribution in [0.2, 0.25) is 0 Å². The van der Waals surface area contributed by atoms with Crippen molar-refractivity contribution < 1.29 is 9.47 Å². The molecule has 1 aliphatic carbocycles. The van der Waals surface area contributed by atoms with Gasteiger partial charge in [0.25, 0.3) is 0 Å². The van der Waals surface area contributed by atoms with Crippen LogP contribution in [-0.4, -0.2) is 30.6 Å². The molecule has 2 N–H and O–H groups in total. The fraction of sp³-hybridized carbons (Fsp3) is 0.556. The number of nitrogens with zero attached hydrogens (tertiary/aromatic N) is 1. The van der Waals surface area contributed by atoms with Gasteiger partial charge in [0.2, 0.25) is 0 Å². The summed E-state index contributed by atoms with van der Waals surface area (Å²) < 4.78 is 11.1. The van der Waals surface area contributed by atoms with Gasteiger partial charge in [-0.1, -0.05) is 19.3 Å². The molecule has 1 fully saturated rings. The molecule has 1 aliphatic rings. The van der Waals surface area contributed by atoms with Gasteiger partial charge in [-0.25, -0.2) is 0 Å². The van der Waals surface area contributed by atoms with Crippen LogP contribution in [0.3, 0.4) is 0 Å². The molecule has 0 aromatic heterocycles. The molecule has 132 valence electrons. The molecule has 6 heteroatoms. The van der Waals surface area contributed by atoms with Crippen LogP contribution in [0.4, 0.5) is 0 Å². The topological polar surface area (TPSA) is 54.9 Å². The highest BCUT2D eigenvalue weighted by atomic mass is 32.1. The lowest BCUT2D eigenvalue weighted by atomic mass is 9.96. The fourth-order valence-corrected chi connectivity index (χ4v) is 2.97. The quantitative estimate of drug-likeness (QED) is 0.467. The number of ether oxygens (including phenoxy) is 2. The first-order chi connectivity index (χ1) is 11.6. The zero-order valence-corrected chi connectivity index (χ0v) is 15.5. The van der Waals surface area contributed by atoms with Crippen LogP contribution in [0.5, 0.6) is 11.5 Å². The van der Waals surface area contributed by atoms with Gasteiger partial charge in [-0.3, -0.25) is 5.43 Å². The third-order valence-electron chi connectivity index (χ3n) is 3.87. The number of hydrogen-bond donors (Lipinski definition) is 2. The van der Waals surface area contributed by atoms with E-state index in [9.17, 15) is 0 Å². The van der Waals surface area contributed by atoms with Gasteiger partial charge in [0.05, 0.1) is 19.4 Å². The summed E-state index contributed by atoms with van der Waals surface area (Å²) >= 11 is 5.29. The molecule has 1 aromatic carbocycles. The Hall–Kier alpha value is -1.82. The van der Waals surface area contributed by atoms with E-state index in [2.05, 4.69) is 15.8 Å². The van der Waals surface area contributed by atoms with Gasteiger partial charge in [0.1, 0.15) is 0 Å². The SMILES string of the molecule is COc1cc(/C=N\NC(=S)NC2CCCCC2)ccc1OC(C)C. The Bertz CT molecular complexity index is 569. The van der Waals surface area contributed by atoms with Crippen LogP contribution >= 0.6 is 12.2 Å². The molecular weight excluding hydrogens is 322 g/mol. The number of rotatable bonds is 6. The normalized spacial score (nSPS) is 15.5. The molecule has 1 saturated carbocycles. The third-order valence-corrected chi connectivity index (χ3v) is 4.08. The van der Waals surface area contributed by atoms with E-state index in [4.69, 9.17) is 21.7 Å². The lowest BCUT2D eigenvalue weighted by Crippen LogP contribution is -2.40. The van der Waals surface area contributed by atoms with Crippen molar-refractivity contribution in [2.24, 2.45) is 5.10 Å². The first kappa shape index (κ1) is 18.5. The van der Waals surface area contributed by atoms with Crippen molar-refractivity contribution in [1.29, 1.82) is 0 Å². The van der Waals surface area contributed by atoms with Gasteiger partial charge >= 0.3 is 0 Å². The second-order valence-corrected chi connectivity index (χ2v) is 6.66. The first-order valence-electron chi connectivity index (χ1n) is 8.52. The summed E-state index contributed by atoms with van der Waals surface area (Å²) in [5.74, 6) is 1.42. The molecule has 5 nitrogen and oxygen atoms in total. The smallest absolute Gasteiger partial charge is 0.187 e. The Morgan fingerprint density at radius 1 is 1.25 bits per heavy atom. The first-order valence-corrected chi connectivity index (χ1v) is 8.93. The number of nitrogens with one attached hydrogen (secondary N) is 2. The summed E-state index contributed by atoms with van der Waals surface area (Å²) in [4.78, 5) is 0. The van der Waals surface area contributed by atoms with Crippen LogP contribution < -0.4 is 20.2 Å². The van der Waals surface area contributed by atoms with Crippen molar-refractivity contribution in [3.63, 3.8) is 0 Å². The minimum absolute atomic E-state index is 0.100. The summed E-state index contributed by atoms with van der Waals surface area (Å²) in [5, 5.41) is 8.09. The molecule has 0 unspecified atom stereocenters. The Labute approximate surface area is 149 Å². The minimum atomic E-state index is 0.100. The van der Waals surface area contributed by atoms with Gasteiger partial charge < -0.3 is 14.8 Å². The molecular formula is C18H27N3O2S. The predicted octanol–water partition coefficient (Wildman–Crippen LogP) is 3.61. The van der Waals surface area contributed by atoms with E-state index in [0.29, 0.717) is 16.9 Å². The predicted molar refractivity (Wildman–Crippen MR) is 102 cm³/mol. The Kier molecular flexibility index (Phi) is 7.31. The van der Waals surface area contributed by atoms with Crippen molar-refractivity contribution in [1.82, 2.24) is 10.7 Å². The summed E-state index contributed by atoms with van der Waals surface area (Å²) in [6.07, 6.45) is 8.05. The van der Waals surface area contributed by atoms with Gasteiger partial charge in [0, 0.05) is 6.04 Å². The van der Waals surface area contributed by atoms with Crippen molar-refractivity contribution in [2.75, 3.05) is 7.11 Å². The average molecular weight is 350 g/mol. The van der Waals surface area contributed by atoms with Gasteiger partial charge in [0.15, 0.2) is 16.6 Å². The second kappa shape index (κ2) is 9.47. The molecule has 24 heavy (non-hydrogen) atoms. The van der Waals surface area contributed by atoms with Crippen LogP contribution in [0, 0.1) is 0 Å². The van der Waals surface area contributed by atoms with Crippen LogP contribution in [-0.2, 0) is 0 Å². The molecule has 0 saturated heterocycles. The van der Waals surface area contributed by atoms with Crippen molar-refractivity contribution in [3.8, 4) is 11.5 Å². The van der Waals surface area contributed by atoms with Crippen LogP contribution in [0.15, 0.2) is 23.3 Å². The maximum Gasteiger partial charge on any atom is 0.187 e. The van der Waals surface area contributed by atoms with Gasteiger partial charge in [-0.05, 0) is 62.7 Å². The molecule has 0 heterocycles. The monoisotopic (exact) mass is 349 g/mol. The number of hydrogen-bond acceptors (Lipinski definition) is 4. The highest BCUT2D eigenvalue weighted by Crippen LogP contribution is 2.28. The van der Waals surface area contributed by atoms with E-state index in [-0.39, 0.29) is 6.10 Å². The molecule has 0 radical (unpaired) electrons. The molecule has 0 amide bonds. The highest BCUT2D eigenvalue weighted by Gasteiger charge is 2.13. The zero-order valence-electron chi connectivity index (χ0n) is 14.7. The molecule has 0 atom stereocenters. The number of methoxy groups -OCH3 is 1. The fourth-order valence-electron chi connectivity index (χ4n) is 2.75. The third kappa shape index (κ3) is 6.00. The van der Waals surface area contributed by atoms with Gasteiger partial charge in [-0.2, -0.15) is 5.10 Å². The average Bonchev–Trinajstić information content (AvgIpc) is 2.56. The summed E-state index contributed by atoms with van der Waals surface area (Å²) in [6, 6.07) is 6.18. The Morgan fingerprint density at radius 2 is 2.00 bits per heavy atom. The number of benzene rings is 1. The molecule has 0 aliphatic heterocycles. The highest BCUT2D eigenvalue weighted by molar-refractivity contribution is 7.80. The summed E-state index contributed by atoms with van der Waals surface area (Å²) in [6.45, 7) is 3.97. The largest absolute Gasteiger partial charge is 0.493 e. The number of hydrazone groups is 1. The maximum absolute atomic E-state index is 5.70. The van der Waals surface area contributed by atoms with E-state index in [1.807, 2.05) is 32.0 Å². The van der Waals surface area contributed by atoms with Crippen molar-refractivity contribution in [2.45, 2.75) is 58.1 Å². The molecule has 0 spiro atoms. The lowest BCUT2D eigenvalue weighted by Gasteiger charge is -2.23. The van der Waals surface area contributed by atoms with Crippen LogP contribution in [0.25, 0.3) is 0 Å². The number of thiocarbonyl (C=S) groups is 1. The molecule has 1 aromatic rings. The van der Waals surface area contributed by atoms with E-state index >= 15 is 0 Å². The van der Waals surface area contributed by atoms with Gasteiger partial charge in [-0.15, -0.1) is 0 Å². The second-order valence-electron chi connectivity index (χ2n) is 6.26. The van der Waals surface area contributed by atoms with Crippen molar-refractivity contribution in [3.05, 3.63) is 23.8 Å². The molecule has 2 rings (SSSR count). The van der Waals surface area contributed by atoms with Crippen molar-refractivity contribution >= 4 is 23.5 Å². The summed E-state index contributed by atoms with van der Waals surface area (Å²) in [5.41, 5.74) is 3.79. The molecule has 0 bridgehead atoms. The Morgan fingerprint density at radius 3 is 2.67 bits per heavy atom.